The first-order valence-electron chi connectivity index (χ1n) is 14.5. The number of hydrogen-bond acceptors (Lipinski definition) is 8. The summed E-state index contributed by atoms with van der Waals surface area (Å²) in [5.74, 6) is 0.229. The molecule has 0 aromatic carbocycles. The molecule has 2 N–H and O–H groups in total. The lowest BCUT2D eigenvalue weighted by Gasteiger charge is -2.34. The van der Waals surface area contributed by atoms with E-state index < -0.39 is 17.7 Å². The molecule has 2 aromatic rings. The SMILES string of the molecule is CC1(C)CC2CN1c1nc(N3CCC(OCCC4(C(F)(F)F)CC4)C3=O)ccc1C(=O)NSc1ccn(n1)CCCN2. The van der Waals surface area contributed by atoms with Gasteiger partial charge in [-0.2, -0.15) is 18.3 Å². The first-order chi connectivity index (χ1) is 20.0. The summed E-state index contributed by atoms with van der Waals surface area (Å²) in [4.78, 5) is 35.2. The first-order valence-corrected chi connectivity index (χ1v) is 15.3. The number of hydrogen-bond donors (Lipinski definition) is 2. The maximum Gasteiger partial charge on any atom is 0.394 e. The number of carbonyl (C=O) groups is 2. The molecule has 14 heteroatoms. The Balaban J connectivity index is 1.22. The largest absolute Gasteiger partial charge is 0.394 e. The number of carbonyl (C=O) groups excluding carboxylic acids is 2. The number of nitrogens with zero attached hydrogens (tertiary/aromatic N) is 5. The van der Waals surface area contributed by atoms with Crippen LogP contribution in [0.3, 0.4) is 0 Å². The number of amides is 2. The van der Waals surface area contributed by atoms with E-state index in [1.165, 1.54) is 4.90 Å². The topological polar surface area (TPSA) is 105 Å². The normalized spacial score (nSPS) is 25.5. The van der Waals surface area contributed by atoms with E-state index in [-0.39, 0.29) is 49.3 Å². The minimum Gasteiger partial charge on any atom is -0.368 e. The predicted octanol–water partition coefficient (Wildman–Crippen LogP) is 3.92. The summed E-state index contributed by atoms with van der Waals surface area (Å²) in [6.07, 6.45) is -0.956. The quantitative estimate of drug-likeness (QED) is 0.493. The van der Waals surface area contributed by atoms with Gasteiger partial charge < -0.3 is 15.0 Å². The summed E-state index contributed by atoms with van der Waals surface area (Å²) < 4.78 is 50.3. The van der Waals surface area contributed by atoms with Crippen LogP contribution in [0.4, 0.5) is 24.8 Å². The molecule has 3 fully saturated rings. The Morgan fingerprint density at radius 1 is 1.17 bits per heavy atom. The van der Waals surface area contributed by atoms with Crippen molar-refractivity contribution in [1.82, 2.24) is 24.8 Å². The number of anilines is 2. The number of pyridine rings is 1. The number of rotatable bonds is 5. The third-order valence-corrected chi connectivity index (χ3v) is 9.60. The highest BCUT2D eigenvalue weighted by Crippen LogP contribution is 2.60. The second-order valence-electron chi connectivity index (χ2n) is 12.3. The number of aromatic nitrogens is 3. The lowest BCUT2D eigenvalue weighted by Crippen LogP contribution is -2.41. The number of aryl methyl sites for hydroxylation is 1. The maximum atomic E-state index is 13.4. The maximum absolute atomic E-state index is 13.4. The lowest BCUT2D eigenvalue weighted by atomic mass is 9.99. The minimum absolute atomic E-state index is 0.113. The summed E-state index contributed by atoms with van der Waals surface area (Å²) in [6, 6.07) is 5.37. The zero-order chi connectivity index (χ0) is 29.7. The van der Waals surface area contributed by atoms with E-state index in [0.717, 1.165) is 37.9 Å². The van der Waals surface area contributed by atoms with Crippen LogP contribution in [0, 0.1) is 5.41 Å². The zero-order valence-electron chi connectivity index (χ0n) is 23.7. The fourth-order valence-corrected chi connectivity index (χ4v) is 6.79. The second kappa shape index (κ2) is 11.0. The van der Waals surface area contributed by atoms with Gasteiger partial charge in [0.15, 0.2) is 0 Å². The van der Waals surface area contributed by atoms with Crippen molar-refractivity contribution in [1.29, 1.82) is 0 Å². The van der Waals surface area contributed by atoms with Crippen molar-refractivity contribution in [3.8, 4) is 0 Å². The van der Waals surface area contributed by atoms with Gasteiger partial charge in [0.25, 0.3) is 11.8 Å². The van der Waals surface area contributed by atoms with E-state index in [4.69, 9.17) is 9.72 Å². The molecule has 2 atom stereocenters. The number of fused-ring (bicyclic) bond motifs is 6. The summed E-state index contributed by atoms with van der Waals surface area (Å²) in [5.41, 5.74) is -1.59. The van der Waals surface area contributed by atoms with Gasteiger partial charge in [-0.15, -0.1) is 0 Å². The van der Waals surface area contributed by atoms with Crippen molar-refractivity contribution in [3.63, 3.8) is 0 Å². The number of nitrogens with one attached hydrogen (secondary N) is 2. The van der Waals surface area contributed by atoms with E-state index in [1.807, 2.05) is 16.9 Å². The fourth-order valence-electron chi connectivity index (χ4n) is 6.21. The Morgan fingerprint density at radius 3 is 2.74 bits per heavy atom. The van der Waals surface area contributed by atoms with Crippen LogP contribution in [-0.2, 0) is 16.1 Å². The Bertz CT molecular complexity index is 1350. The van der Waals surface area contributed by atoms with Gasteiger partial charge in [-0.05, 0) is 70.7 Å². The molecule has 2 aromatic heterocycles. The molecule has 1 saturated carbocycles. The first kappa shape index (κ1) is 29.2. The number of alkyl halides is 3. The van der Waals surface area contributed by atoms with E-state index in [2.05, 4.69) is 33.9 Å². The highest BCUT2D eigenvalue weighted by atomic mass is 32.2. The fraction of sp³-hybridized carbons (Fsp3) is 0.643. The molecule has 1 aliphatic carbocycles. The van der Waals surface area contributed by atoms with E-state index in [0.29, 0.717) is 41.7 Å². The highest BCUT2D eigenvalue weighted by Gasteiger charge is 2.62. The molecule has 6 rings (SSSR count). The molecule has 0 radical (unpaired) electrons. The van der Waals surface area contributed by atoms with E-state index in [1.54, 1.807) is 12.1 Å². The molecule has 2 amide bonds. The van der Waals surface area contributed by atoms with Gasteiger partial charge in [-0.25, -0.2) is 4.98 Å². The molecule has 3 aliphatic heterocycles. The van der Waals surface area contributed by atoms with Crippen LogP contribution in [0.5, 0.6) is 0 Å². The average Bonchev–Trinajstić information content (AvgIpc) is 3.30. The molecular formula is C28H36F3N7O3S. The lowest BCUT2D eigenvalue weighted by molar-refractivity contribution is -0.192. The molecule has 0 spiro atoms. The van der Waals surface area contributed by atoms with E-state index >= 15 is 0 Å². The monoisotopic (exact) mass is 607 g/mol. The molecule has 2 saturated heterocycles. The third-order valence-electron chi connectivity index (χ3n) is 8.89. The number of halogens is 3. The van der Waals surface area contributed by atoms with Crippen molar-refractivity contribution >= 4 is 35.4 Å². The van der Waals surface area contributed by atoms with Crippen LogP contribution < -0.4 is 19.8 Å². The van der Waals surface area contributed by atoms with Gasteiger partial charge >= 0.3 is 6.18 Å². The molecule has 5 heterocycles. The molecule has 42 heavy (non-hydrogen) atoms. The Kier molecular flexibility index (Phi) is 7.67. The van der Waals surface area contributed by atoms with E-state index in [9.17, 15) is 22.8 Å². The van der Waals surface area contributed by atoms with Crippen molar-refractivity contribution in [2.24, 2.45) is 5.41 Å². The molecule has 228 valence electrons. The predicted molar refractivity (Wildman–Crippen MR) is 151 cm³/mol. The van der Waals surface area contributed by atoms with Gasteiger partial charge in [-0.3, -0.25) is 23.9 Å². The van der Waals surface area contributed by atoms with Crippen LogP contribution in [0.25, 0.3) is 0 Å². The number of ether oxygens (including phenoxy) is 1. The van der Waals surface area contributed by atoms with Crippen molar-refractivity contribution in [3.05, 3.63) is 30.0 Å². The minimum atomic E-state index is -4.25. The Labute approximate surface area is 246 Å². The van der Waals surface area contributed by atoms with Crippen molar-refractivity contribution in [2.75, 3.05) is 36.0 Å². The van der Waals surface area contributed by atoms with Gasteiger partial charge in [0, 0.05) is 62.4 Å². The zero-order valence-corrected chi connectivity index (χ0v) is 24.6. The smallest absolute Gasteiger partial charge is 0.368 e. The van der Waals surface area contributed by atoms with Gasteiger partial charge in [0.1, 0.15) is 22.8 Å². The Morgan fingerprint density at radius 2 is 1.98 bits per heavy atom. The molecule has 2 unspecified atom stereocenters. The standard InChI is InChI=1S/C28H36F3N7O3S/c1-26(2)16-18-17-38(26)23-19(24(39)35-42-22-7-13-36(34-22)12-3-11-32-18)4-5-21(33-23)37-14-6-20(25(37)40)41-15-10-27(8-9-27)28(29,30)31/h4-5,7,13,18,20,32H,3,6,8-12,14-17H2,1-2H3,(H,35,39). The van der Waals surface area contributed by atoms with Crippen molar-refractivity contribution < 1.29 is 27.5 Å². The highest BCUT2D eigenvalue weighted by molar-refractivity contribution is 7.97. The van der Waals surface area contributed by atoms with Gasteiger partial charge in [-0.1, -0.05) is 0 Å². The molecule has 4 bridgehead atoms. The van der Waals surface area contributed by atoms with Crippen LogP contribution >= 0.6 is 11.9 Å². The summed E-state index contributed by atoms with van der Waals surface area (Å²) >= 11 is 1.14. The van der Waals surface area contributed by atoms with Crippen LogP contribution in [0.2, 0.25) is 0 Å². The summed E-state index contributed by atoms with van der Waals surface area (Å²) in [6.45, 7) is 6.68. The summed E-state index contributed by atoms with van der Waals surface area (Å²) in [7, 11) is 0. The third kappa shape index (κ3) is 5.72. The molecule has 4 aliphatic rings. The molecule has 10 nitrogen and oxygen atoms in total. The van der Waals surface area contributed by atoms with Crippen LogP contribution in [-0.4, -0.2) is 76.7 Å². The summed E-state index contributed by atoms with van der Waals surface area (Å²) in [5, 5.41) is 8.83. The molecular weight excluding hydrogens is 571 g/mol. The van der Waals surface area contributed by atoms with Crippen LogP contribution in [0.1, 0.15) is 62.7 Å². The Hall–Kier alpha value is -2.84. The van der Waals surface area contributed by atoms with Crippen LogP contribution in [0.15, 0.2) is 29.4 Å². The van der Waals surface area contributed by atoms with Gasteiger partial charge in [0.05, 0.1) is 11.0 Å². The van der Waals surface area contributed by atoms with Gasteiger partial charge in [0.2, 0.25) is 0 Å². The van der Waals surface area contributed by atoms with Crippen molar-refractivity contribution in [2.45, 2.75) is 87.8 Å². The average molecular weight is 608 g/mol. The second-order valence-corrected chi connectivity index (χ2v) is 13.1.